The van der Waals surface area contributed by atoms with E-state index in [1.165, 1.54) is 12.1 Å². The van der Waals surface area contributed by atoms with Crippen molar-refractivity contribution in [3.05, 3.63) is 58.4 Å². The lowest BCUT2D eigenvalue weighted by Crippen LogP contribution is -2.69. The van der Waals surface area contributed by atoms with E-state index >= 15 is 0 Å². The Morgan fingerprint density at radius 3 is 2.14 bits per heavy atom. The van der Waals surface area contributed by atoms with Crippen LogP contribution < -0.4 is 10.6 Å². The molecule has 4 saturated carbocycles. The van der Waals surface area contributed by atoms with Gasteiger partial charge in [0.1, 0.15) is 6.10 Å². The molecule has 2 amide bonds. The minimum Gasteiger partial charge on any atom is -0.390 e. The first-order valence-electron chi connectivity index (χ1n) is 13.7. The van der Waals surface area contributed by atoms with Crippen LogP contribution >= 0.6 is 11.6 Å². The predicted octanol–water partition coefficient (Wildman–Crippen LogP) is 1.92. The van der Waals surface area contributed by atoms with Gasteiger partial charge in [0, 0.05) is 35.8 Å². The van der Waals surface area contributed by atoms with Crippen molar-refractivity contribution in [1.29, 1.82) is 0 Å². The molecule has 0 aromatic heterocycles. The highest BCUT2D eigenvalue weighted by molar-refractivity contribution is 7.92. The fourth-order valence-corrected chi connectivity index (χ4v) is 8.98. The number of nitrogens with one attached hydrogen (secondary N) is 2. The molecule has 5 unspecified atom stereocenters. The smallest absolute Gasteiger partial charge is 0.255 e. The second-order valence-electron chi connectivity index (χ2n) is 11.6. The van der Waals surface area contributed by atoms with Gasteiger partial charge < -0.3 is 31.1 Å². The third kappa shape index (κ3) is 5.76. The predicted molar refractivity (Wildman–Crippen MR) is 146 cm³/mol. The molecule has 10 nitrogen and oxygen atoms in total. The van der Waals surface area contributed by atoms with Gasteiger partial charge in [0.15, 0.2) is 27.3 Å². The van der Waals surface area contributed by atoms with E-state index in [9.17, 15) is 51.6 Å². The summed E-state index contributed by atoms with van der Waals surface area (Å²) >= 11 is 6.21. The van der Waals surface area contributed by atoms with Crippen LogP contribution in [0.15, 0.2) is 35.2 Å². The molecule has 4 fully saturated rings. The second kappa shape index (κ2) is 11.6. The van der Waals surface area contributed by atoms with E-state index in [0.717, 1.165) is 6.07 Å². The molecule has 43 heavy (non-hydrogen) atoms. The number of anilines is 1. The molecule has 2 aromatic carbocycles. The van der Waals surface area contributed by atoms with Crippen molar-refractivity contribution < 1.29 is 51.6 Å². The van der Waals surface area contributed by atoms with Crippen molar-refractivity contribution in [3.63, 3.8) is 0 Å². The van der Waals surface area contributed by atoms with Crippen molar-refractivity contribution >= 4 is 38.9 Å². The highest BCUT2D eigenvalue weighted by atomic mass is 35.5. The first-order chi connectivity index (χ1) is 20.1. The third-order valence-corrected chi connectivity index (χ3v) is 11.7. The number of sulfone groups is 1. The molecule has 0 aliphatic heterocycles. The zero-order chi connectivity index (χ0) is 31.4. The molecular formula is C28H30ClF3N2O8S. The number of hydrogen-bond donors (Lipinski definition) is 6. The Morgan fingerprint density at radius 1 is 0.977 bits per heavy atom. The standard InChI is InChI=1S/C28H30ClF3N2O8S/c29-18-2-1-12(27(39)34-16-9-19(30)25(32)20(31)10-16)5-23(18)43(41,42)17-7-14-6-15(8-17)28(14,40)24(37)11-33-26(38)13-3-21(35)22(36)4-13/h1-2,5,9-10,13-15,17,21-22,24,35-37,40H,3-4,6-8,11H2,(H,33,38)(H,34,39). The second-order valence-corrected chi connectivity index (χ2v) is 14.2. The average Bonchev–Trinajstić information content (AvgIpc) is 3.31. The quantitative estimate of drug-likeness (QED) is 0.236. The van der Waals surface area contributed by atoms with E-state index in [4.69, 9.17) is 11.6 Å². The fraction of sp³-hybridized carbons (Fsp3) is 0.500. The number of aliphatic hydroxyl groups excluding tert-OH is 3. The molecule has 6 rings (SSSR count). The van der Waals surface area contributed by atoms with E-state index in [2.05, 4.69) is 10.6 Å². The Hall–Kier alpha value is -2.75. The van der Waals surface area contributed by atoms with Crippen molar-refractivity contribution in [2.45, 2.75) is 66.2 Å². The van der Waals surface area contributed by atoms with Gasteiger partial charge >= 0.3 is 0 Å². The summed E-state index contributed by atoms with van der Waals surface area (Å²) in [5, 5.41) is 45.0. The summed E-state index contributed by atoms with van der Waals surface area (Å²) < 4.78 is 67.6. The largest absolute Gasteiger partial charge is 0.390 e. The van der Waals surface area contributed by atoms with Crippen LogP contribution in [0.25, 0.3) is 0 Å². The van der Waals surface area contributed by atoms with Crippen LogP contribution in [0.2, 0.25) is 5.02 Å². The topological polar surface area (TPSA) is 173 Å². The number of halogens is 4. The average molecular weight is 647 g/mol. The van der Waals surface area contributed by atoms with Crippen LogP contribution in [0.1, 0.15) is 42.5 Å². The number of aliphatic hydroxyl groups is 4. The lowest BCUT2D eigenvalue weighted by atomic mass is 9.52. The summed E-state index contributed by atoms with van der Waals surface area (Å²) in [5.74, 6) is -8.01. The SMILES string of the molecule is O=C(Nc1cc(F)c(F)c(F)c1)c1ccc(Cl)c(S(=O)(=O)C2CC3CC(C2)C3(O)C(O)CNC(=O)C2CC(O)C(O)C2)c1. The summed E-state index contributed by atoms with van der Waals surface area (Å²) in [5.41, 5.74) is -2.22. The Bertz CT molecular complexity index is 1520. The normalized spacial score (nSPS) is 30.8. The molecule has 5 atom stereocenters. The van der Waals surface area contributed by atoms with Crippen LogP contribution in [0, 0.1) is 35.2 Å². The molecule has 0 spiro atoms. The molecule has 0 saturated heterocycles. The fourth-order valence-electron chi connectivity index (χ4n) is 6.58. The summed E-state index contributed by atoms with van der Waals surface area (Å²) in [6.07, 6.45) is -2.86. The molecule has 2 bridgehead atoms. The number of benzene rings is 2. The van der Waals surface area contributed by atoms with Gasteiger partial charge in [-0.15, -0.1) is 0 Å². The van der Waals surface area contributed by atoms with E-state index in [0.29, 0.717) is 18.6 Å². The van der Waals surface area contributed by atoms with Gasteiger partial charge in [0.25, 0.3) is 5.91 Å². The Morgan fingerprint density at radius 2 is 1.56 bits per heavy atom. The molecule has 0 heterocycles. The zero-order valence-corrected chi connectivity index (χ0v) is 24.1. The molecule has 15 heteroatoms. The number of carbonyl (C=O) groups is 2. The van der Waals surface area contributed by atoms with Gasteiger partial charge in [0.05, 0.1) is 33.0 Å². The molecule has 234 valence electrons. The van der Waals surface area contributed by atoms with Crippen molar-refractivity contribution in [2.75, 3.05) is 11.9 Å². The lowest BCUT2D eigenvalue weighted by Gasteiger charge is -2.60. The minimum atomic E-state index is -4.16. The van der Waals surface area contributed by atoms with Crippen LogP contribution in [-0.4, -0.2) is 76.4 Å². The Balaban J connectivity index is 1.25. The van der Waals surface area contributed by atoms with Gasteiger partial charge in [0.2, 0.25) is 5.91 Å². The number of hydrogen-bond acceptors (Lipinski definition) is 8. The maximum absolute atomic E-state index is 13.6. The zero-order valence-electron chi connectivity index (χ0n) is 22.5. The maximum Gasteiger partial charge on any atom is 0.255 e. The highest BCUT2D eigenvalue weighted by Crippen LogP contribution is 2.57. The van der Waals surface area contributed by atoms with Crippen molar-refractivity contribution in [1.82, 2.24) is 5.32 Å². The first kappa shape index (κ1) is 31.7. The van der Waals surface area contributed by atoms with E-state index in [1.54, 1.807) is 0 Å². The maximum atomic E-state index is 13.6. The monoisotopic (exact) mass is 646 g/mol. The molecule has 4 aliphatic carbocycles. The van der Waals surface area contributed by atoms with Crippen LogP contribution in [0.3, 0.4) is 0 Å². The van der Waals surface area contributed by atoms with Gasteiger partial charge in [-0.1, -0.05) is 11.6 Å². The molecule has 0 radical (unpaired) electrons. The Kier molecular flexibility index (Phi) is 8.57. The minimum absolute atomic E-state index is 0.0256. The van der Waals surface area contributed by atoms with E-state index < -0.39 is 86.0 Å². The van der Waals surface area contributed by atoms with Gasteiger partial charge in [-0.2, -0.15) is 0 Å². The third-order valence-electron chi connectivity index (χ3n) is 9.02. The molecule has 4 aliphatic rings. The molecular weight excluding hydrogens is 617 g/mol. The number of rotatable bonds is 8. The van der Waals surface area contributed by atoms with Gasteiger partial charge in [-0.05, 0) is 62.1 Å². The summed E-state index contributed by atoms with van der Waals surface area (Å²) in [6.45, 7) is -0.298. The summed E-state index contributed by atoms with van der Waals surface area (Å²) in [4.78, 5) is 24.8. The van der Waals surface area contributed by atoms with Crippen LogP contribution in [-0.2, 0) is 14.6 Å². The first-order valence-corrected chi connectivity index (χ1v) is 15.6. The van der Waals surface area contributed by atoms with E-state index in [1.807, 2.05) is 0 Å². The molecule has 2 aromatic rings. The van der Waals surface area contributed by atoms with Crippen molar-refractivity contribution in [3.8, 4) is 0 Å². The number of amides is 2. The van der Waals surface area contributed by atoms with Gasteiger partial charge in [-0.25, -0.2) is 21.6 Å². The highest BCUT2D eigenvalue weighted by Gasteiger charge is 2.63. The summed E-state index contributed by atoms with van der Waals surface area (Å²) in [7, 11) is -4.16. The van der Waals surface area contributed by atoms with Crippen LogP contribution in [0.4, 0.5) is 18.9 Å². The lowest BCUT2D eigenvalue weighted by molar-refractivity contribution is -0.229. The number of fused-ring (bicyclic) bond motifs is 2. The molecule has 6 N–H and O–H groups in total. The number of carbonyl (C=O) groups excluding carboxylic acids is 2. The summed E-state index contributed by atoms with van der Waals surface area (Å²) in [6, 6.07) is 4.56. The Labute approximate surface area is 249 Å². The van der Waals surface area contributed by atoms with Crippen molar-refractivity contribution in [2.24, 2.45) is 17.8 Å². The van der Waals surface area contributed by atoms with Crippen LogP contribution in [0.5, 0.6) is 0 Å². The van der Waals surface area contributed by atoms with E-state index in [-0.39, 0.29) is 53.4 Å². The van der Waals surface area contributed by atoms with Gasteiger partial charge in [-0.3, -0.25) is 9.59 Å².